The summed E-state index contributed by atoms with van der Waals surface area (Å²) in [6, 6.07) is 2.93. The van der Waals surface area contributed by atoms with Crippen LogP contribution in [0.4, 0.5) is 13.6 Å². The Balaban J connectivity index is 2.23. The molecule has 0 saturated carbocycles. The molecule has 0 unspecified atom stereocenters. The largest absolute Gasteiger partial charge is 0.327 e. The molecule has 1 aliphatic rings. The monoisotopic (exact) mass is 240 g/mol. The number of hydrogen-bond acceptors (Lipinski definition) is 2. The van der Waals surface area contributed by atoms with Gasteiger partial charge in [-0.1, -0.05) is 6.07 Å². The Morgan fingerprint density at radius 2 is 1.82 bits per heavy atom. The quantitative estimate of drug-likeness (QED) is 0.732. The molecule has 0 atom stereocenters. The van der Waals surface area contributed by atoms with Crippen molar-refractivity contribution in [2.75, 3.05) is 13.6 Å². The Morgan fingerprint density at radius 3 is 2.29 bits per heavy atom. The average Bonchev–Trinajstić information content (AvgIpc) is 2.52. The molecule has 1 aromatic rings. The lowest BCUT2D eigenvalue weighted by Gasteiger charge is -2.15. The summed E-state index contributed by atoms with van der Waals surface area (Å²) in [5.41, 5.74) is -0.205. The molecule has 4 nitrogen and oxygen atoms in total. The smallest absolute Gasteiger partial charge is 0.310 e. The zero-order valence-corrected chi connectivity index (χ0v) is 9.11. The van der Waals surface area contributed by atoms with Crippen LogP contribution in [0.5, 0.6) is 0 Å². The third kappa shape index (κ3) is 1.98. The van der Waals surface area contributed by atoms with Gasteiger partial charge in [0.1, 0.15) is 18.2 Å². The maximum absolute atomic E-state index is 13.3. The van der Waals surface area contributed by atoms with Crippen molar-refractivity contribution in [2.24, 2.45) is 0 Å². The summed E-state index contributed by atoms with van der Waals surface area (Å²) in [5, 5.41) is 0. The first-order chi connectivity index (χ1) is 8.00. The van der Waals surface area contributed by atoms with Crippen LogP contribution in [0.1, 0.15) is 5.56 Å². The average molecular weight is 240 g/mol. The number of carbonyl (C=O) groups excluding carboxylic acids is 2. The van der Waals surface area contributed by atoms with E-state index < -0.39 is 17.7 Å². The number of urea groups is 1. The van der Waals surface area contributed by atoms with Crippen LogP contribution in [0.3, 0.4) is 0 Å². The van der Waals surface area contributed by atoms with E-state index in [0.29, 0.717) is 0 Å². The van der Waals surface area contributed by atoms with Crippen molar-refractivity contribution in [2.45, 2.75) is 6.54 Å². The van der Waals surface area contributed by atoms with Crippen LogP contribution in [0, 0.1) is 11.6 Å². The molecular weight excluding hydrogens is 230 g/mol. The van der Waals surface area contributed by atoms with Gasteiger partial charge in [-0.2, -0.15) is 0 Å². The molecule has 1 aromatic carbocycles. The predicted octanol–water partition coefficient (Wildman–Crippen LogP) is 1.36. The van der Waals surface area contributed by atoms with Gasteiger partial charge in [-0.05, 0) is 12.1 Å². The number of likely N-dealkylation sites (N-methyl/N-ethyl adjacent to an activating group) is 1. The normalized spacial score (nSPS) is 15.9. The minimum absolute atomic E-state index is 0.150. The summed E-state index contributed by atoms with van der Waals surface area (Å²) < 4.78 is 26.7. The van der Waals surface area contributed by atoms with Crippen molar-refractivity contribution < 1.29 is 18.4 Å². The summed E-state index contributed by atoms with van der Waals surface area (Å²) >= 11 is 0. The number of halogens is 2. The Labute approximate surface area is 96.4 Å². The Bertz CT molecular complexity index is 470. The number of hydrogen-bond donors (Lipinski definition) is 0. The third-order valence-corrected chi connectivity index (χ3v) is 2.67. The molecule has 2 rings (SSSR count). The Morgan fingerprint density at radius 1 is 1.24 bits per heavy atom. The number of imide groups is 1. The molecule has 1 saturated heterocycles. The van der Waals surface area contributed by atoms with Crippen LogP contribution in [-0.2, 0) is 11.3 Å². The number of rotatable bonds is 2. The van der Waals surface area contributed by atoms with E-state index >= 15 is 0 Å². The van der Waals surface area contributed by atoms with Gasteiger partial charge in [0.05, 0.1) is 6.54 Å². The van der Waals surface area contributed by atoms with Crippen molar-refractivity contribution in [3.05, 3.63) is 35.4 Å². The van der Waals surface area contributed by atoms with Gasteiger partial charge in [0, 0.05) is 12.6 Å². The molecule has 0 N–H and O–H groups in total. The predicted molar refractivity (Wildman–Crippen MR) is 54.9 cm³/mol. The molecule has 0 aliphatic carbocycles. The van der Waals surface area contributed by atoms with E-state index in [1.54, 1.807) is 0 Å². The number of nitrogens with zero attached hydrogens (tertiary/aromatic N) is 2. The molecule has 0 spiro atoms. The lowest BCUT2D eigenvalue weighted by atomic mass is 10.2. The van der Waals surface area contributed by atoms with E-state index in [-0.39, 0.29) is 24.6 Å². The van der Waals surface area contributed by atoms with E-state index in [0.717, 1.165) is 21.9 Å². The topological polar surface area (TPSA) is 40.6 Å². The summed E-state index contributed by atoms with van der Waals surface area (Å²) in [6.45, 7) is -0.392. The van der Waals surface area contributed by atoms with Crippen molar-refractivity contribution >= 4 is 11.9 Å². The molecule has 0 radical (unpaired) electrons. The summed E-state index contributed by atoms with van der Waals surface area (Å²) in [5.74, 6) is -1.83. The van der Waals surface area contributed by atoms with Gasteiger partial charge in [-0.15, -0.1) is 0 Å². The highest BCUT2D eigenvalue weighted by Gasteiger charge is 2.33. The minimum Gasteiger partial charge on any atom is -0.310 e. The lowest BCUT2D eigenvalue weighted by molar-refractivity contribution is -0.124. The molecule has 1 aliphatic heterocycles. The number of benzene rings is 1. The Kier molecular flexibility index (Phi) is 2.79. The maximum atomic E-state index is 13.3. The Hall–Kier alpha value is -1.98. The molecule has 0 bridgehead atoms. The molecule has 3 amide bonds. The van der Waals surface area contributed by atoms with Crippen LogP contribution < -0.4 is 0 Å². The van der Waals surface area contributed by atoms with Crippen LogP contribution >= 0.6 is 0 Å². The van der Waals surface area contributed by atoms with Crippen molar-refractivity contribution in [3.63, 3.8) is 0 Å². The van der Waals surface area contributed by atoms with Crippen LogP contribution in [0.25, 0.3) is 0 Å². The standard InChI is InChI=1S/C11H10F2N2O2/c1-14-10(16)6-15(11(14)17)5-7-8(12)3-2-4-9(7)13/h2-4H,5-6H2,1H3. The summed E-state index contributed by atoms with van der Waals surface area (Å²) in [6.07, 6.45) is 0. The van der Waals surface area contributed by atoms with Gasteiger partial charge >= 0.3 is 6.03 Å². The fourth-order valence-electron chi connectivity index (χ4n) is 1.65. The second kappa shape index (κ2) is 4.12. The molecule has 90 valence electrons. The van der Waals surface area contributed by atoms with E-state index in [1.807, 2.05) is 0 Å². The fourth-order valence-corrected chi connectivity index (χ4v) is 1.65. The van der Waals surface area contributed by atoms with Gasteiger partial charge < -0.3 is 4.90 Å². The molecule has 0 aromatic heterocycles. The molecule has 6 heteroatoms. The van der Waals surface area contributed by atoms with Gasteiger partial charge in [-0.3, -0.25) is 9.69 Å². The van der Waals surface area contributed by atoms with E-state index in [4.69, 9.17) is 0 Å². The molecule has 17 heavy (non-hydrogen) atoms. The van der Waals surface area contributed by atoms with Crippen LogP contribution in [0.2, 0.25) is 0 Å². The first kappa shape index (κ1) is 11.5. The van der Waals surface area contributed by atoms with E-state index in [2.05, 4.69) is 0 Å². The van der Waals surface area contributed by atoms with Gasteiger partial charge in [-0.25, -0.2) is 13.6 Å². The van der Waals surface area contributed by atoms with Crippen LogP contribution in [0.15, 0.2) is 18.2 Å². The molecular formula is C11H10F2N2O2. The van der Waals surface area contributed by atoms with E-state index in [1.165, 1.54) is 13.1 Å². The first-order valence-corrected chi connectivity index (χ1v) is 4.99. The highest BCUT2D eigenvalue weighted by atomic mass is 19.1. The van der Waals surface area contributed by atoms with E-state index in [9.17, 15) is 18.4 Å². The maximum Gasteiger partial charge on any atom is 0.327 e. The second-order valence-electron chi connectivity index (χ2n) is 3.79. The molecule has 1 heterocycles. The van der Waals surface area contributed by atoms with Gasteiger partial charge in [0.15, 0.2) is 0 Å². The van der Waals surface area contributed by atoms with Crippen molar-refractivity contribution in [3.8, 4) is 0 Å². The van der Waals surface area contributed by atoms with Crippen molar-refractivity contribution in [1.29, 1.82) is 0 Å². The highest BCUT2D eigenvalue weighted by Crippen LogP contribution is 2.17. The number of amides is 3. The van der Waals surface area contributed by atoms with Crippen LogP contribution in [-0.4, -0.2) is 35.3 Å². The lowest BCUT2D eigenvalue weighted by Crippen LogP contribution is -2.30. The second-order valence-corrected chi connectivity index (χ2v) is 3.79. The van der Waals surface area contributed by atoms with Gasteiger partial charge in [0.2, 0.25) is 5.91 Å². The molecule has 1 fully saturated rings. The van der Waals surface area contributed by atoms with Gasteiger partial charge in [0.25, 0.3) is 0 Å². The summed E-state index contributed by atoms with van der Waals surface area (Å²) in [7, 11) is 1.34. The summed E-state index contributed by atoms with van der Waals surface area (Å²) in [4.78, 5) is 24.8. The zero-order valence-electron chi connectivity index (χ0n) is 9.11. The third-order valence-electron chi connectivity index (χ3n) is 2.67. The SMILES string of the molecule is CN1C(=O)CN(Cc2c(F)cccc2F)C1=O. The first-order valence-electron chi connectivity index (χ1n) is 4.99. The zero-order chi connectivity index (χ0) is 12.6. The highest BCUT2D eigenvalue weighted by molar-refractivity contribution is 6.01. The van der Waals surface area contributed by atoms with Crippen molar-refractivity contribution in [1.82, 2.24) is 9.80 Å². The number of carbonyl (C=O) groups is 2. The minimum atomic E-state index is -0.722. The fraction of sp³-hybridized carbons (Fsp3) is 0.273.